The van der Waals surface area contributed by atoms with Crippen LogP contribution in [-0.4, -0.2) is 17.1 Å². The van der Waals surface area contributed by atoms with Crippen LogP contribution in [0.1, 0.15) is 5.69 Å². The molecule has 0 atom stereocenters. The van der Waals surface area contributed by atoms with E-state index in [1.165, 1.54) is 0 Å². The van der Waals surface area contributed by atoms with Crippen molar-refractivity contribution in [2.75, 3.05) is 12.8 Å². The van der Waals surface area contributed by atoms with Gasteiger partial charge in [-0.3, -0.25) is 0 Å². The fourth-order valence-electron chi connectivity index (χ4n) is 1.49. The minimum atomic E-state index is 0.343. The number of anilines is 1. The van der Waals surface area contributed by atoms with Crippen molar-refractivity contribution < 1.29 is 4.74 Å². The van der Waals surface area contributed by atoms with E-state index in [0.29, 0.717) is 18.2 Å². The number of methoxy groups -OCH3 is 1. The van der Waals surface area contributed by atoms with E-state index in [9.17, 15) is 0 Å². The van der Waals surface area contributed by atoms with Crippen molar-refractivity contribution in [3.63, 3.8) is 0 Å². The van der Waals surface area contributed by atoms with E-state index in [1.807, 2.05) is 24.3 Å². The van der Waals surface area contributed by atoms with E-state index >= 15 is 0 Å². The molecule has 0 saturated heterocycles. The van der Waals surface area contributed by atoms with Gasteiger partial charge in [0.25, 0.3) is 0 Å². The molecule has 2 aromatic rings. The van der Waals surface area contributed by atoms with Gasteiger partial charge in [0.2, 0.25) is 0 Å². The monoisotopic (exact) mass is 230 g/mol. The molecular weight excluding hydrogens is 216 g/mol. The fourth-order valence-corrected chi connectivity index (χ4v) is 1.49. The molecule has 4 N–H and O–H groups in total. The molecule has 1 aromatic carbocycles. The highest BCUT2D eigenvalue weighted by atomic mass is 16.5. The van der Waals surface area contributed by atoms with Gasteiger partial charge in [-0.15, -0.1) is 0 Å². The van der Waals surface area contributed by atoms with Crippen molar-refractivity contribution in [3.05, 3.63) is 36.0 Å². The largest absolute Gasteiger partial charge is 0.497 e. The maximum Gasteiger partial charge on any atom is 0.161 e. The number of nitrogen functional groups attached to an aromatic ring is 1. The van der Waals surface area contributed by atoms with Crippen LogP contribution in [0.2, 0.25) is 0 Å². The summed E-state index contributed by atoms with van der Waals surface area (Å²) in [6.07, 6.45) is 0. The van der Waals surface area contributed by atoms with Crippen LogP contribution < -0.4 is 16.2 Å². The lowest BCUT2D eigenvalue weighted by Crippen LogP contribution is -2.04. The third-order valence-corrected chi connectivity index (χ3v) is 2.36. The lowest BCUT2D eigenvalue weighted by molar-refractivity contribution is 0.415. The normalized spacial score (nSPS) is 10.2. The van der Waals surface area contributed by atoms with Gasteiger partial charge in [-0.1, -0.05) is 0 Å². The molecule has 88 valence electrons. The summed E-state index contributed by atoms with van der Waals surface area (Å²) < 4.78 is 5.09. The first kappa shape index (κ1) is 11.3. The Hall–Kier alpha value is -2.14. The second kappa shape index (κ2) is 4.80. The smallest absolute Gasteiger partial charge is 0.161 e. The summed E-state index contributed by atoms with van der Waals surface area (Å²) >= 11 is 0. The van der Waals surface area contributed by atoms with Gasteiger partial charge in [0.05, 0.1) is 12.8 Å². The molecule has 1 heterocycles. The summed E-state index contributed by atoms with van der Waals surface area (Å²) in [6.45, 7) is 0.343. The molecular formula is C12H14N4O. The first-order chi connectivity index (χ1) is 8.22. The zero-order valence-corrected chi connectivity index (χ0v) is 9.55. The van der Waals surface area contributed by atoms with E-state index in [2.05, 4.69) is 9.97 Å². The number of ether oxygens (including phenoxy) is 1. The summed E-state index contributed by atoms with van der Waals surface area (Å²) in [5.41, 5.74) is 12.9. The minimum Gasteiger partial charge on any atom is -0.497 e. The Balaban J connectivity index is 2.41. The van der Waals surface area contributed by atoms with Crippen LogP contribution in [0, 0.1) is 0 Å². The highest BCUT2D eigenvalue weighted by Gasteiger charge is 2.04. The summed E-state index contributed by atoms with van der Waals surface area (Å²) in [4.78, 5) is 8.50. The summed E-state index contributed by atoms with van der Waals surface area (Å²) in [5, 5.41) is 0. The van der Waals surface area contributed by atoms with Crippen LogP contribution in [0.4, 0.5) is 5.82 Å². The number of benzene rings is 1. The number of aromatic nitrogens is 2. The molecule has 2 rings (SSSR count). The van der Waals surface area contributed by atoms with Gasteiger partial charge < -0.3 is 16.2 Å². The quantitative estimate of drug-likeness (QED) is 0.827. The molecule has 0 aliphatic rings. The molecule has 0 radical (unpaired) electrons. The minimum absolute atomic E-state index is 0.343. The van der Waals surface area contributed by atoms with Crippen molar-refractivity contribution in [1.29, 1.82) is 0 Å². The summed E-state index contributed by atoms with van der Waals surface area (Å²) in [6, 6.07) is 9.14. The van der Waals surface area contributed by atoms with Gasteiger partial charge in [-0.25, -0.2) is 9.97 Å². The maximum atomic E-state index is 5.70. The number of rotatable bonds is 3. The van der Waals surface area contributed by atoms with Gasteiger partial charge in [-0.05, 0) is 24.3 Å². The van der Waals surface area contributed by atoms with Gasteiger partial charge in [-0.2, -0.15) is 0 Å². The summed E-state index contributed by atoms with van der Waals surface area (Å²) in [5.74, 6) is 1.79. The predicted molar refractivity (Wildman–Crippen MR) is 66.3 cm³/mol. The average Bonchev–Trinajstić information content (AvgIpc) is 2.38. The third kappa shape index (κ3) is 2.51. The average molecular weight is 230 g/mol. The van der Waals surface area contributed by atoms with E-state index in [1.54, 1.807) is 13.2 Å². The van der Waals surface area contributed by atoms with Crippen LogP contribution in [0.25, 0.3) is 11.4 Å². The number of nitrogens with zero attached hydrogens (tertiary/aromatic N) is 2. The van der Waals surface area contributed by atoms with Crippen LogP contribution in [0.5, 0.6) is 5.75 Å². The van der Waals surface area contributed by atoms with Gasteiger partial charge in [0.1, 0.15) is 11.6 Å². The SMILES string of the molecule is COc1ccc(-c2nc(N)cc(CN)n2)cc1. The van der Waals surface area contributed by atoms with Gasteiger partial charge in [0.15, 0.2) is 5.82 Å². The molecule has 5 nitrogen and oxygen atoms in total. The van der Waals surface area contributed by atoms with E-state index in [-0.39, 0.29) is 0 Å². The zero-order valence-electron chi connectivity index (χ0n) is 9.55. The van der Waals surface area contributed by atoms with E-state index in [0.717, 1.165) is 17.0 Å². The third-order valence-electron chi connectivity index (χ3n) is 2.36. The van der Waals surface area contributed by atoms with Crippen molar-refractivity contribution in [1.82, 2.24) is 9.97 Å². The molecule has 0 amide bonds. The Labute approximate surface area is 99.5 Å². The Kier molecular flexibility index (Phi) is 3.20. The maximum absolute atomic E-state index is 5.70. The first-order valence-corrected chi connectivity index (χ1v) is 5.21. The summed E-state index contributed by atoms with van der Waals surface area (Å²) in [7, 11) is 1.62. The Morgan fingerprint density at radius 1 is 1.18 bits per heavy atom. The van der Waals surface area contributed by atoms with Crippen LogP contribution in [0.3, 0.4) is 0 Å². The fraction of sp³-hybridized carbons (Fsp3) is 0.167. The van der Waals surface area contributed by atoms with E-state index in [4.69, 9.17) is 16.2 Å². The second-order valence-corrected chi connectivity index (χ2v) is 3.54. The Morgan fingerprint density at radius 2 is 1.88 bits per heavy atom. The predicted octanol–water partition coefficient (Wildman–Crippen LogP) is 1.19. The van der Waals surface area contributed by atoms with Crippen LogP contribution >= 0.6 is 0 Å². The zero-order chi connectivity index (χ0) is 12.3. The molecule has 1 aromatic heterocycles. The molecule has 0 fully saturated rings. The Bertz CT molecular complexity index is 510. The molecule has 5 heteroatoms. The lowest BCUT2D eigenvalue weighted by atomic mass is 10.2. The molecule has 0 unspecified atom stereocenters. The molecule has 17 heavy (non-hydrogen) atoms. The molecule has 0 aliphatic heterocycles. The van der Waals surface area contributed by atoms with Crippen molar-refractivity contribution in [3.8, 4) is 17.1 Å². The standard InChI is InChI=1S/C12H14N4O/c1-17-10-4-2-8(3-5-10)12-15-9(7-13)6-11(14)16-12/h2-6H,7,13H2,1H3,(H2,14,15,16). The highest BCUT2D eigenvalue weighted by Crippen LogP contribution is 2.20. The first-order valence-electron chi connectivity index (χ1n) is 5.21. The second-order valence-electron chi connectivity index (χ2n) is 3.54. The van der Waals surface area contributed by atoms with Gasteiger partial charge >= 0.3 is 0 Å². The number of hydrogen-bond acceptors (Lipinski definition) is 5. The van der Waals surface area contributed by atoms with Crippen LogP contribution in [-0.2, 0) is 6.54 Å². The van der Waals surface area contributed by atoms with Crippen molar-refractivity contribution in [2.45, 2.75) is 6.54 Å². The van der Waals surface area contributed by atoms with Crippen molar-refractivity contribution >= 4 is 5.82 Å². The number of nitrogens with two attached hydrogens (primary N) is 2. The molecule has 0 spiro atoms. The van der Waals surface area contributed by atoms with Crippen molar-refractivity contribution in [2.24, 2.45) is 5.73 Å². The van der Waals surface area contributed by atoms with Crippen LogP contribution in [0.15, 0.2) is 30.3 Å². The number of hydrogen-bond donors (Lipinski definition) is 2. The lowest BCUT2D eigenvalue weighted by Gasteiger charge is -2.05. The van der Waals surface area contributed by atoms with Gasteiger partial charge in [0, 0.05) is 18.2 Å². The Morgan fingerprint density at radius 3 is 2.47 bits per heavy atom. The topological polar surface area (TPSA) is 87.0 Å². The highest BCUT2D eigenvalue weighted by molar-refractivity contribution is 5.58. The molecule has 0 saturated carbocycles. The van der Waals surface area contributed by atoms with E-state index < -0.39 is 0 Å². The molecule has 0 bridgehead atoms. The molecule has 0 aliphatic carbocycles.